The number of rotatable bonds is 5. The molecule has 0 spiro atoms. The number of fused-ring (bicyclic) bond motifs is 1. The lowest BCUT2D eigenvalue weighted by atomic mass is 10.0. The molecule has 4 heteroatoms. The summed E-state index contributed by atoms with van der Waals surface area (Å²) in [6.45, 7) is 9.03. The van der Waals surface area contributed by atoms with Gasteiger partial charge in [-0.05, 0) is 25.2 Å². The fraction of sp³-hybridized carbons (Fsp3) is 0.412. The Kier molecular flexibility index (Phi) is 4.78. The van der Waals surface area contributed by atoms with Crippen LogP contribution in [-0.4, -0.2) is 23.5 Å². The second-order valence-corrected chi connectivity index (χ2v) is 5.60. The number of hydrogen-bond donors (Lipinski definition) is 2. The van der Waals surface area contributed by atoms with E-state index in [9.17, 15) is 4.79 Å². The summed E-state index contributed by atoms with van der Waals surface area (Å²) in [5, 5.41) is 8.18. The summed E-state index contributed by atoms with van der Waals surface area (Å²) < 4.78 is 0. The molecule has 1 unspecified atom stereocenters. The number of aromatic nitrogens is 1. The summed E-state index contributed by atoms with van der Waals surface area (Å²) in [5.41, 5.74) is 0.625. The molecule has 0 saturated carbocycles. The topological polar surface area (TPSA) is 54.0 Å². The van der Waals surface area contributed by atoms with Crippen LogP contribution in [0.1, 0.15) is 38.1 Å². The van der Waals surface area contributed by atoms with Gasteiger partial charge in [0.25, 0.3) is 5.91 Å². The van der Waals surface area contributed by atoms with Crippen LogP contribution in [0.4, 0.5) is 5.82 Å². The fourth-order valence-electron chi connectivity index (χ4n) is 2.13. The van der Waals surface area contributed by atoms with E-state index in [0.29, 0.717) is 11.5 Å². The standard InChI is InChI=1S/C17H23N3O/c1-5-18-16-14-9-7-6-8-13(14)15(10-19-16)17(21)20-12(4)11(2)3/h6-12H,5H2,1-4H3,(H,18,19)(H,20,21). The van der Waals surface area contributed by atoms with Gasteiger partial charge in [-0.2, -0.15) is 0 Å². The number of benzene rings is 1. The zero-order chi connectivity index (χ0) is 15.4. The summed E-state index contributed by atoms with van der Waals surface area (Å²) in [4.78, 5) is 16.9. The second kappa shape index (κ2) is 6.57. The molecule has 1 amide bonds. The zero-order valence-corrected chi connectivity index (χ0v) is 13.1. The third-order valence-electron chi connectivity index (χ3n) is 3.74. The first-order chi connectivity index (χ1) is 10.0. The van der Waals surface area contributed by atoms with Gasteiger partial charge in [0.05, 0.1) is 5.56 Å². The van der Waals surface area contributed by atoms with Crippen molar-refractivity contribution in [3.63, 3.8) is 0 Å². The average molecular weight is 285 g/mol. The first kappa shape index (κ1) is 15.3. The molecule has 21 heavy (non-hydrogen) atoms. The Bertz CT molecular complexity index is 637. The second-order valence-electron chi connectivity index (χ2n) is 5.60. The summed E-state index contributed by atoms with van der Waals surface area (Å²) in [6.07, 6.45) is 1.66. The Morgan fingerprint density at radius 3 is 2.48 bits per heavy atom. The van der Waals surface area contributed by atoms with Gasteiger partial charge in [-0.1, -0.05) is 38.1 Å². The monoisotopic (exact) mass is 285 g/mol. The van der Waals surface area contributed by atoms with Gasteiger partial charge < -0.3 is 10.6 Å². The van der Waals surface area contributed by atoms with Crippen LogP contribution < -0.4 is 10.6 Å². The third-order valence-corrected chi connectivity index (χ3v) is 3.74. The molecular weight excluding hydrogens is 262 g/mol. The van der Waals surface area contributed by atoms with Gasteiger partial charge in [0.1, 0.15) is 5.82 Å². The molecule has 0 saturated heterocycles. The molecule has 112 valence electrons. The van der Waals surface area contributed by atoms with Crippen molar-refractivity contribution in [1.82, 2.24) is 10.3 Å². The molecule has 1 aromatic carbocycles. The molecule has 1 heterocycles. The molecule has 2 aromatic rings. The highest BCUT2D eigenvalue weighted by Crippen LogP contribution is 2.24. The molecule has 0 fully saturated rings. The first-order valence-electron chi connectivity index (χ1n) is 7.47. The Hall–Kier alpha value is -2.10. The zero-order valence-electron chi connectivity index (χ0n) is 13.1. The Morgan fingerprint density at radius 1 is 1.19 bits per heavy atom. The molecule has 0 radical (unpaired) electrons. The number of nitrogens with zero attached hydrogens (tertiary/aromatic N) is 1. The largest absolute Gasteiger partial charge is 0.370 e. The maximum Gasteiger partial charge on any atom is 0.253 e. The minimum absolute atomic E-state index is 0.0667. The van der Waals surface area contributed by atoms with E-state index in [1.54, 1.807) is 6.20 Å². The van der Waals surface area contributed by atoms with Crippen molar-refractivity contribution in [1.29, 1.82) is 0 Å². The summed E-state index contributed by atoms with van der Waals surface area (Å²) in [6, 6.07) is 7.99. The van der Waals surface area contributed by atoms with Crippen LogP contribution in [0.5, 0.6) is 0 Å². The lowest BCUT2D eigenvalue weighted by molar-refractivity contribution is 0.0932. The number of hydrogen-bond acceptors (Lipinski definition) is 3. The van der Waals surface area contributed by atoms with Gasteiger partial charge >= 0.3 is 0 Å². The van der Waals surface area contributed by atoms with E-state index in [0.717, 1.165) is 23.1 Å². The number of carbonyl (C=O) groups is 1. The van der Waals surface area contributed by atoms with E-state index < -0.39 is 0 Å². The summed E-state index contributed by atoms with van der Waals surface area (Å²) in [7, 11) is 0. The van der Waals surface area contributed by atoms with Gasteiger partial charge in [-0.15, -0.1) is 0 Å². The molecule has 2 rings (SSSR count). The lowest BCUT2D eigenvalue weighted by Crippen LogP contribution is -2.36. The van der Waals surface area contributed by atoms with Gasteiger partial charge in [0.2, 0.25) is 0 Å². The average Bonchev–Trinajstić information content (AvgIpc) is 2.47. The number of carbonyl (C=O) groups excluding carboxylic acids is 1. The quantitative estimate of drug-likeness (QED) is 0.884. The van der Waals surface area contributed by atoms with Crippen molar-refractivity contribution in [2.24, 2.45) is 5.92 Å². The van der Waals surface area contributed by atoms with Crippen molar-refractivity contribution in [3.05, 3.63) is 36.0 Å². The van der Waals surface area contributed by atoms with Crippen molar-refractivity contribution in [2.75, 3.05) is 11.9 Å². The van der Waals surface area contributed by atoms with Crippen molar-refractivity contribution in [3.8, 4) is 0 Å². The summed E-state index contributed by atoms with van der Waals surface area (Å²) >= 11 is 0. The van der Waals surface area contributed by atoms with E-state index in [1.807, 2.05) is 38.1 Å². The van der Waals surface area contributed by atoms with Crippen LogP contribution in [0.3, 0.4) is 0 Å². The van der Waals surface area contributed by atoms with Gasteiger partial charge in [-0.3, -0.25) is 4.79 Å². The smallest absolute Gasteiger partial charge is 0.253 e. The molecule has 1 atom stereocenters. The predicted molar refractivity (Wildman–Crippen MR) is 87.7 cm³/mol. The highest BCUT2D eigenvalue weighted by Gasteiger charge is 2.16. The van der Waals surface area contributed by atoms with E-state index in [-0.39, 0.29) is 11.9 Å². The molecule has 0 aliphatic heterocycles. The maximum atomic E-state index is 12.5. The Morgan fingerprint density at radius 2 is 1.86 bits per heavy atom. The number of pyridine rings is 1. The van der Waals surface area contributed by atoms with E-state index in [1.165, 1.54) is 0 Å². The molecule has 4 nitrogen and oxygen atoms in total. The van der Waals surface area contributed by atoms with E-state index in [4.69, 9.17) is 0 Å². The van der Waals surface area contributed by atoms with Crippen molar-refractivity contribution in [2.45, 2.75) is 33.7 Å². The Labute approximate surface area is 126 Å². The minimum Gasteiger partial charge on any atom is -0.370 e. The Balaban J connectivity index is 2.41. The predicted octanol–water partition coefficient (Wildman–Crippen LogP) is 3.44. The lowest BCUT2D eigenvalue weighted by Gasteiger charge is -2.18. The van der Waals surface area contributed by atoms with Crippen LogP contribution in [0.2, 0.25) is 0 Å². The fourth-order valence-corrected chi connectivity index (χ4v) is 2.13. The van der Waals surface area contributed by atoms with E-state index in [2.05, 4.69) is 29.5 Å². The van der Waals surface area contributed by atoms with Gasteiger partial charge in [-0.25, -0.2) is 4.98 Å². The van der Waals surface area contributed by atoms with Crippen LogP contribution >= 0.6 is 0 Å². The van der Waals surface area contributed by atoms with E-state index >= 15 is 0 Å². The number of amides is 1. The minimum atomic E-state index is -0.0667. The maximum absolute atomic E-state index is 12.5. The summed E-state index contributed by atoms with van der Waals surface area (Å²) in [5.74, 6) is 1.15. The molecule has 0 aliphatic carbocycles. The van der Waals surface area contributed by atoms with Crippen LogP contribution in [0, 0.1) is 5.92 Å². The highest BCUT2D eigenvalue weighted by atomic mass is 16.1. The van der Waals surface area contributed by atoms with Crippen molar-refractivity contribution >= 4 is 22.5 Å². The molecule has 1 aromatic heterocycles. The normalized spacial score (nSPS) is 12.4. The molecule has 0 aliphatic rings. The van der Waals surface area contributed by atoms with Crippen LogP contribution in [-0.2, 0) is 0 Å². The third kappa shape index (κ3) is 3.32. The van der Waals surface area contributed by atoms with Crippen molar-refractivity contribution < 1.29 is 4.79 Å². The number of anilines is 1. The molecule has 2 N–H and O–H groups in total. The van der Waals surface area contributed by atoms with Crippen LogP contribution in [0.25, 0.3) is 10.8 Å². The SMILES string of the molecule is CCNc1ncc(C(=O)NC(C)C(C)C)c2ccccc12. The first-order valence-corrected chi connectivity index (χ1v) is 7.47. The number of nitrogens with one attached hydrogen (secondary N) is 2. The van der Waals surface area contributed by atoms with Gasteiger partial charge in [0, 0.05) is 24.2 Å². The van der Waals surface area contributed by atoms with Crippen LogP contribution in [0.15, 0.2) is 30.5 Å². The van der Waals surface area contributed by atoms with Gasteiger partial charge in [0.15, 0.2) is 0 Å². The highest BCUT2D eigenvalue weighted by molar-refractivity contribution is 6.09. The molecule has 0 bridgehead atoms. The molecular formula is C17H23N3O.